The number of halogens is 3. The lowest BCUT2D eigenvalue weighted by Gasteiger charge is -2.14. The van der Waals surface area contributed by atoms with Crippen molar-refractivity contribution in [2.24, 2.45) is 0 Å². The van der Waals surface area contributed by atoms with Crippen molar-refractivity contribution in [3.05, 3.63) is 26.2 Å². The quantitative estimate of drug-likeness (QED) is 0.675. The number of hydrogen-bond acceptors (Lipinski definition) is 3. The minimum atomic E-state index is -0.646. The predicted molar refractivity (Wildman–Crippen MR) is 68.5 cm³/mol. The summed E-state index contributed by atoms with van der Waals surface area (Å²) >= 11 is 17.6. The lowest BCUT2D eigenvalue weighted by atomic mass is 10.0. The molecule has 0 saturated heterocycles. The second-order valence-corrected chi connectivity index (χ2v) is 4.52. The smallest absolute Gasteiger partial charge is 0.339 e. The van der Waals surface area contributed by atoms with E-state index in [0.717, 1.165) is 0 Å². The molecule has 0 aromatic heterocycles. The molecule has 0 aliphatic carbocycles. The Bertz CT molecular complexity index is 458. The fourth-order valence-corrected chi connectivity index (χ4v) is 2.23. The van der Waals surface area contributed by atoms with Gasteiger partial charge < -0.3 is 9.84 Å². The molecule has 1 aromatic rings. The van der Waals surface area contributed by atoms with E-state index in [1.54, 1.807) is 0 Å². The fourth-order valence-electron chi connectivity index (χ4n) is 1.50. The molecule has 6 heteroatoms. The summed E-state index contributed by atoms with van der Waals surface area (Å²) in [5.41, 5.74) is 0.432. The summed E-state index contributed by atoms with van der Waals surface area (Å²) < 4.78 is 4.62. The van der Waals surface area contributed by atoms with E-state index in [-0.39, 0.29) is 26.4 Å². The van der Waals surface area contributed by atoms with Crippen LogP contribution in [0.15, 0.2) is 0 Å². The van der Waals surface area contributed by atoms with Gasteiger partial charge in [-0.25, -0.2) is 4.79 Å². The predicted octanol–water partition coefficient (Wildman–Crippen LogP) is 4.09. The van der Waals surface area contributed by atoms with Crippen molar-refractivity contribution < 1.29 is 14.6 Å². The average molecular weight is 298 g/mol. The number of hydrogen-bond donors (Lipinski definition) is 1. The molecule has 1 rings (SSSR count). The number of carbonyl (C=O) groups is 1. The largest absolute Gasteiger partial charge is 0.506 e. The van der Waals surface area contributed by atoms with E-state index in [1.165, 1.54) is 7.11 Å². The van der Waals surface area contributed by atoms with Gasteiger partial charge in [-0.1, -0.05) is 48.1 Å². The maximum atomic E-state index is 11.6. The second kappa shape index (κ2) is 5.80. The topological polar surface area (TPSA) is 46.5 Å². The van der Waals surface area contributed by atoms with Crippen LogP contribution in [0, 0.1) is 0 Å². The van der Waals surface area contributed by atoms with Gasteiger partial charge in [0.15, 0.2) is 0 Å². The summed E-state index contributed by atoms with van der Waals surface area (Å²) in [5, 5.41) is 9.78. The van der Waals surface area contributed by atoms with Crippen LogP contribution in [-0.2, 0) is 11.2 Å². The van der Waals surface area contributed by atoms with Gasteiger partial charge in [0.25, 0.3) is 0 Å². The Labute approximate surface area is 114 Å². The molecule has 0 heterocycles. The summed E-state index contributed by atoms with van der Waals surface area (Å²) in [5.74, 6) is -0.865. The fraction of sp³-hybridized carbons (Fsp3) is 0.364. The van der Waals surface area contributed by atoms with E-state index in [0.29, 0.717) is 18.4 Å². The maximum Gasteiger partial charge on any atom is 0.339 e. The third-order valence-corrected chi connectivity index (χ3v) is 3.61. The molecule has 17 heavy (non-hydrogen) atoms. The van der Waals surface area contributed by atoms with Gasteiger partial charge in [-0.3, -0.25) is 0 Å². The Balaban J connectivity index is 3.59. The Morgan fingerprint density at radius 3 is 2.29 bits per heavy atom. The summed E-state index contributed by atoms with van der Waals surface area (Å²) in [7, 11) is 1.23. The molecule has 0 spiro atoms. The molecule has 3 nitrogen and oxygen atoms in total. The first-order valence-electron chi connectivity index (χ1n) is 4.92. The van der Waals surface area contributed by atoms with Gasteiger partial charge in [-0.15, -0.1) is 0 Å². The minimum Gasteiger partial charge on any atom is -0.506 e. The number of ether oxygens (including phenoxy) is 1. The number of benzene rings is 1. The Kier molecular flexibility index (Phi) is 4.92. The van der Waals surface area contributed by atoms with Crippen molar-refractivity contribution in [2.45, 2.75) is 19.8 Å². The van der Waals surface area contributed by atoms with Crippen LogP contribution in [0.5, 0.6) is 5.75 Å². The highest BCUT2D eigenvalue weighted by Crippen LogP contribution is 2.43. The van der Waals surface area contributed by atoms with Crippen LogP contribution in [-0.4, -0.2) is 18.2 Å². The maximum absolute atomic E-state index is 11.6. The highest BCUT2D eigenvalue weighted by atomic mass is 35.5. The molecule has 0 aliphatic heterocycles. The van der Waals surface area contributed by atoms with Crippen molar-refractivity contribution in [2.75, 3.05) is 7.11 Å². The number of phenolic OH excluding ortho intramolecular Hbond substituents is 1. The van der Waals surface area contributed by atoms with E-state index in [4.69, 9.17) is 34.8 Å². The first-order chi connectivity index (χ1) is 7.95. The SMILES string of the molecule is CCCc1c(O)c(Cl)c(Cl)c(Cl)c1C(=O)OC. The van der Waals surface area contributed by atoms with Crippen LogP contribution >= 0.6 is 34.8 Å². The lowest BCUT2D eigenvalue weighted by molar-refractivity contribution is 0.0599. The Morgan fingerprint density at radius 2 is 1.82 bits per heavy atom. The van der Waals surface area contributed by atoms with Crippen LogP contribution in [0.25, 0.3) is 0 Å². The van der Waals surface area contributed by atoms with Crippen LogP contribution in [0.3, 0.4) is 0 Å². The molecule has 0 amide bonds. The third-order valence-electron chi connectivity index (χ3n) is 2.29. The summed E-state index contributed by atoms with van der Waals surface area (Å²) in [6.07, 6.45) is 1.17. The average Bonchev–Trinajstić information content (AvgIpc) is 2.33. The first-order valence-corrected chi connectivity index (χ1v) is 6.05. The molecular formula is C11H11Cl3O3. The number of methoxy groups -OCH3 is 1. The molecule has 0 atom stereocenters. The zero-order valence-corrected chi connectivity index (χ0v) is 11.6. The summed E-state index contributed by atoms with van der Waals surface area (Å²) in [4.78, 5) is 11.6. The van der Waals surface area contributed by atoms with Crippen molar-refractivity contribution in [3.63, 3.8) is 0 Å². The molecular weight excluding hydrogens is 286 g/mol. The van der Waals surface area contributed by atoms with Crippen LogP contribution in [0.4, 0.5) is 0 Å². The van der Waals surface area contributed by atoms with E-state index in [1.807, 2.05) is 6.92 Å². The van der Waals surface area contributed by atoms with E-state index < -0.39 is 5.97 Å². The number of esters is 1. The summed E-state index contributed by atoms with van der Waals surface area (Å²) in [6, 6.07) is 0. The molecule has 0 bridgehead atoms. The lowest BCUT2D eigenvalue weighted by Crippen LogP contribution is -2.08. The van der Waals surface area contributed by atoms with E-state index in [9.17, 15) is 9.90 Å². The van der Waals surface area contributed by atoms with Crippen molar-refractivity contribution in [3.8, 4) is 5.75 Å². The van der Waals surface area contributed by atoms with Gasteiger partial charge in [0.05, 0.1) is 22.7 Å². The molecule has 0 saturated carbocycles. The van der Waals surface area contributed by atoms with Crippen LogP contribution in [0.1, 0.15) is 29.3 Å². The second-order valence-electron chi connectivity index (χ2n) is 3.39. The normalized spacial score (nSPS) is 10.4. The number of carbonyl (C=O) groups excluding carboxylic acids is 1. The van der Waals surface area contributed by atoms with E-state index in [2.05, 4.69) is 4.74 Å². The number of phenols is 1. The molecule has 0 unspecified atom stereocenters. The van der Waals surface area contributed by atoms with Gasteiger partial charge in [0, 0.05) is 5.56 Å². The van der Waals surface area contributed by atoms with Crippen molar-refractivity contribution in [1.29, 1.82) is 0 Å². The molecule has 94 valence electrons. The third kappa shape index (κ3) is 2.62. The van der Waals surface area contributed by atoms with Crippen LogP contribution in [0.2, 0.25) is 15.1 Å². The highest BCUT2D eigenvalue weighted by molar-refractivity contribution is 6.50. The standard InChI is InChI=1S/C11H11Cl3O3/c1-3-4-5-6(11(16)17-2)7(12)8(13)9(14)10(5)15/h15H,3-4H2,1-2H3. The van der Waals surface area contributed by atoms with Crippen LogP contribution < -0.4 is 0 Å². The number of rotatable bonds is 3. The zero-order chi connectivity index (χ0) is 13.2. The van der Waals surface area contributed by atoms with Crippen molar-refractivity contribution in [1.82, 2.24) is 0 Å². The first kappa shape index (κ1) is 14.4. The van der Waals surface area contributed by atoms with E-state index >= 15 is 0 Å². The monoisotopic (exact) mass is 296 g/mol. The highest BCUT2D eigenvalue weighted by Gasteiger charge is 2.25. The zero-order valence-electron chi connectivity index (χ0n) is 9.31. The Morgan fingerprint density at radius 1 is 1.24 bits per heavy atom. The molecule has 0 fully saturated rings. The van der Waals surface area contributed by atoms with Gasteiger partial charge in [0.1, 0.15) is 10.8 Å². The molecule has 1 aromatic carbocycles. The van der Waals surface area contributed by atoms with Gasteiger partial charge in [0.2, 0.25) is 0 Å². The van der Waals surface area contributed by atoms with Gasteiger partial charge >= 0.3 is 5.97 Å². The molecule has 1 N–H and O–H groups in total. The van der Waals surface area contributed by atoms with Crippen molar-refractivity contribution >= 4 is 40.8 Å². The van der Waals surface area contributed by atoms with Gasteiger partial charge in [-0.2, -0.15) is 0 Å². The molecule has 0 radical (unpaired) electrons. The minimum absolute atomic E-state index is 0.00441. The molecule has 0 aliphatic rings. The summed E-state index contributed by atoms with van der Waals surface area (Å²) in [6.45, 7) is 1.90. The number of aromatic hydroxyl groups is 1. The Hall–Kier alpha value is -0.640. The van der Waals surface area contributed by atoms with Gasteiger partial charge in [-0.05, 0) is 6.42 Å².